The summed E-state index contributed by atoms with van der Waals surface area (Å²) in [7, 11) is 2.03. The molecular weight excluding hydrogens is 486 g/mol. The average molecular weight is 544 g/mol. The number of carboxylic acid groups (broad SMARTS) is 1. The summed E-state index contributed by atoms with van der Waals surface area (Å²) in [4.78, 5) is 28.0. The van der Waals surface area contributed by atoms with Gasteiger partial charge in [-0.3, -0.25) is 4.79 Å². The molecule has 0 aliphatic carbocycles. The molecule has 222 valence electrons. The maximum absolute atomic E-state index is 12.6. The third kappa shape index (κ3) is 14.8. The second-order valence-electron chi connectivity index (χ2n) is 11.7. The molecule has 0 aromatic heterocycles. The number of amides is 2. The topological polar surface area (TPSA) is 72.9 Å². The van der Waals surface area contributed by atoms with Crippen molar-refractivity contribution in [2.75, 3.05) is 33.2 Å². The van der Waals surface area contributed by atoms with E-state index in [0.29, 0.717) is 25.9 Å². The first-order chi connectivity index (χ1) is 19.0. The van der Waals surface area contributed by atoms with E-state index in [9.17, 15) is 14.7 Å². The van der Waals surface area contributed by atoms with Gasteiger partial charge in [0.1, 0.15) is 0 Å². The number of benzene rings is 1. The van der Waals surface area contributed by atoms with Gasteiger partial charge in [-0.05, 0) is 31.0 Å². The van der Waals surface area contributed by atoms with Crippen LogP contribution in [0.4, 0.5) is 4.79 Å². The zero-order chi connectivity index (χ0) is 28.1. The van der Waals surface area contributed by atoms with Gasteiger partial charge in [-0.1, -0.05) is 128 Å². The number of carbonyl (C=O) groups excluding carboxylic acids is 1. The van der Waals surface area contributed by atoms with Crippen LogP contribution >= 0.6 is 0 Å². The zero-order valence-corrected chi connectivity index (χ0v) is 25.1. The van der Waals surface area contributed by atoms with Gasteiger partial charge < -0.3 is 20.2 Å². The highest BCUT2D eigenvalue weighted by atomic mass is 16.4. The Kier molecular flexibility index (Phi) is 17.6. The highest BCUT2D eigenvalue weighted by Gasteiger charge is 2.29. The van der Waals surface area contributed by atoms with Crippen molar-refractivity contribution in [2.45, 2.75) is 129 Å². The summed E-state index contributed by atoms with van der Waals surface area (Å²) < 4.78 is 0. The minimum Gasteiger partial charge on any atom is -0.465 e. The molecule has 2 amide bonds. The smallest absolute Gasteiger partial charge is 0.407 e. The lowest BCUT2D eigenvalue weighted by Gasteiger charge is -2.38. The first-order valence-corrected chi connectivity index (χ1v) is 16.0. The van der Waals surface area contributed by atoms with Crippen molar-refractivity contribution in [3.8, 4) is 0 Å². The van der Waals surface area contributed by atoms with Gasteiger partial charge >= 0.3 is 6.09 Å². The largest absolute Gasteiger partial charge is 0.465 e. The number of carbonyl (C=O) groups is 2. The first-order valence-electron chi connectivity index (χ1n) is 16.0. The lowest BCUT2D eigenvalue weighted by molar-refractivity contribution is -0.120. The highest BCUT2D eigenvalue weighted by Crippen LogP contribution is 2.18. The maximum atomic E-state index is 12.6. The fraction of sp³-hybridized carbons (Fsp3) is 0.758. The van der Waals surface area contributed by atoms with Crippen LogP contribution in [0.2, 0.25) is 0 Å². The Morgan fingerprint density at radius 1 is 0.795 bits per heavy atom. The molecule has 6 heteroatoms. The lowest BCUT2D eigenvalue weighted by Crippen LogP contribution is -2.54. The predicted octanol–water partition coefficient (Wildman–Crippen LogP) is 7.44. The van der Waals surface area contributed by atoms with Crippen LogP contribution in [0.5, 0.6) is 0 Å². The Hall–Kier alpha value is -2.08. The van der Waals surface area contributed by atoms with Crippen LogP contribution in [0.15, 0.2) is 24.3 Å². The molecule has 1 aliphatic rings. The van der Waals surface area contributed by atoms with Gasteiger partial charge in [0.2, 0.25) is 5.91 Å². The minimum absolute atomic E-state index is 0.0549. The fourth-order valence-electron chi connectivity index (χ4n) is 5.76. The number of rotatable bonds is 21. The van der Waals surface area contributed by atoms with Gasteiger partial charge in [0.05, 0.1) is 12.5 Å². The molecule has 1 fully saturated rings. The van der Waals surface area contributed by atoms with Crippen molar-refractivity contribution >= 4 is 12.0 Å². The summed E-state index contributed by atoms with van der Waals surface area (Å²) in [6.07, 6.45) is 21.7. The molecule has 6 nitrogen and oxygen atoms in total. The minimum atomic E-state index is -0.859. The molecule has 2 N–H and O–H groups in total. The molecule has 1 aliphatic heterocycles. The van der Waals surface area contributed by atoms with Gasteiger partial charge in [-0.25, -0.2) is 4.79 Å². The summed E-state index contributed by atoms with van der Waals surface area (Å²) in [5.74, 6) is 0.0549. The molecule has 0 spiro atoms. The van der Waals surface area contributed by atoms with E-state index >= 15 is 0 Å². The molecule has 2 rings (SSSR count). The van der Waals surface area contributed by atoms with Gasteiger partial charge in [-0.2, -0.15) is 0 Å². The van der Waals surface area contributed by atoms with Crippen molar-refractivity contribution in [1.82, 2.24) is 15.1 Å². The van der Waals surface area contributed by atoms with Crippen LogP contribution < -0.4 is 5.32 Å². The summed E-state index contributed by atoms with van der Waals surface area (Å²) in [5.41, 5.74) is 2.07. The van der Waals surface area contributed by atoms with Crippen LogP contribution in [-0.4, -0.2) is 66.2 Å². The average Bonchev–Trinajstić information content (AvgIpc) is 2.91. The van der Waals surface area contributed by atoms with Crippen LogP contribution in [0.1, 0.15) is 121 Å². The van der Waals surface area contributed by atoms with E-state index in [2.05, 4.69) is 17.1 Å². The molecule has 1 saturated heterocycles. The molecule has 1 unspecified atom stereocenters. The Morgan fingerprint density at radius 2 is 1.31 bits per heavy atom. The van der Waals surface area contributed by atoms with Crippen molar-refractivity contribution in [3.63, 3.8) is 0 Å². The monoisotopic (exact) mass is 543 g/mol. The second kappa shape index (κ2) is 20.8. The van der Waals surface area contributed by atoms with E-state index in [0.717, 1.165) is 30.6 Å². The van der Waals surface area contributed by atoms with E-state index in [1.54, 1.807) is 4.90 Å². The number of unbranched alkanes of at least 4 members (excludes halogenated alkanes) is 15. The van der Waals surface area contributed by atoms with E-state index in [-0.39, 0.29) is 11.9 Å². The first kappa shape index (κ1) is 33.1. The highest BCUT2D eigenvalue weighted by molar-refractivity contribution is 5.78. The Morgan fingerprint density at radius 3 is 1.85 bits per heavy atom. The number of nitrogens with one attached hydrogen (secondary N) is 1. The van der Waals surface area contributed by atoms with Gasteiger partial charge in [0, 0.05) is 26.2 Å². The van der Waals surface area contributed by atoms with E-state index in [1.807, 2.05) is 31.3 Å². The van der Waals surface area contributed by atoms with Gasteiger partial charge in [-0.15, -0.1) is 0 Å². The number of hydrogen-bond acceptors (Lipinski definition) is 3. The number of nitrogens with zero attached hydrogens (tertiary/aromatic N) is 2. The second-order valence-corrected chi connectivity index (χ2v) is 11.7. The van der Waals surface area contributed by atoms with Crippen LogP contribution in [0.3, 0.4) is 0 Å². The molecule has 0 bridgehead atoms. The van der Waals surface area contributed by atoms with Crippen molar-refractivity contribution in [1.29, 1.82) is 0 Å². The number of likely N-dealkylation sites (N-methyl/N-ethyl adjacent to an activating group) is 1. The summed E-state index contributed by atoms with van der Waals surface area (Å²) in [5, 5.41) is 12.7. The van der Waals surface area contributed by atoms with Crippen LogP contribution in [0.25, 0.3) is 0 Å². The Bertz CT molecular complexity index is 800. The molecular formula is C33H57N3O3. The normalized spacial score (nSPS) is 15.9. The van der Waals surface area contributed by atoms with E-state index in [1.165, 1.54) is 96.3 Å². The number of hydrogen-bond donors (Lipinski definition) is 2. The molecule has 1 aromatic carbocycles. The summed E-state index contributed by atoms with van der Waals surface area (Å²) in [6, 6.07) is 7.89. The SMILES string of the molecule is CCCCCCCCCCCCCCCCCCNC(=O)Cc1ccccc1CC1CN(C)CCN1C(=O)O. The summed E-state index contributed by atoms with van der Waals surface area (Å²) >= 11 is 0. The molecule has 0 radical (unpaired) electrons. The Balaban J connectivity index is 1.51. The number of piperazine rings is 1. The Labute approximate surface area is 238 Å². The molecule has 1 aromatic rings. The predicted molar refractivity (Wildman–Crippen MR) is 162 cm³/mol. The van der Waals surface area contributed by atoms with E-state index in [4.69, 9.17) is 0 Å². The molecule has 39 heavy (non-hydrogen) atoms. The fourth-order valence-corrected chi connectivity index (χ4v) is 5.76. The van der Waals surface area contributed by atoms with Crippen molar-refractivity contribution in [3.05, 3.63) is 35.4 Å². The third-order valence-corrected chi connectivity index (χ3v) is 8.21. The summed E-state index contributed by atoms with van der Waals surface area (Å²) in [6.45, 7) is 5.01. The molecule has 0 saturated carbocycles. The zero-order valence-electron chi connectivity index (χ0n) is 25.1. The van der Waals surface area contributed by atoms with Crippen LogP contribution in [0, 0.1) is 0 Å². The quantitative estimate of drug-likeness (QED) is 0.158. The lowest BCUT2D eigenvalue weighted by atomic mass is 9.96. The maximum Gasteiger partial charge on any atom is 0.407 e. The van der Waals surface area contributed by atoms with Crippen LogP contribution in [-0.2, 0) is 17.6 Å². The van der Waals surface area contributed by atoms with Gasteiger partial charge in [0.25, 0.3) is 0 Å². The molecule has 1 atom stereocenters. The van der Waals surface area contributed by atoms with Gasteiger partial charge in [0.15, 0.2) is 0 Å². The van der Waals surface area contributed by atoms with Crippen molar-refractivity contribution < 1.29 is 14.7 Å². The van der Waals surface area contributed by atoms with E-state index < -0.39 is 6.09 Å². The molecule has 1 heterocycles. The standard InChI is InChI=1S/C33H57N3O3/c1-3-4-5-6-7-8-9-10-11-12-13-14-15-16-17-20-23-34-32(37)27-30-22-19-18-21-29(30)26-31-28-35(2)24-25-36(31)33(38)39/h18-19,21-22,31H,3-17,20,23-28H2,1-2H3,(H,34,37)(H,38,39). The third-order valence-electron chi connectivity index (χ3n) is 8.21. The van der Waals surface area contributed by atoms with Crippen molar-refractivity contribution in [2.24, 2.45) is 0 Å².